The monoisotopic (exact) mass is 490 g/mol. The van der Waals surface area contributed by atoms with Crippen LogP contribution in [0, 0.1) is 0 Å². The second-order valence-corrected chi connectivity index (χ2v) is 8.78. The van der Waals surface area contributed by atoms with E-state index in [1.807, 2.05) is 0 Å². The SMILES string of the molecule is CCOP(=O)(OCC)c1c(Br)ccc(OS(=O)(=O)C(F)(F)F)c1C(F)F. The average Bonchev–Trinajstić information content (AvgIpc) is 2.47. The van der Waals surface area contributed by atoms with E-state index in [2.05, 4.69) is 20.1 Å². The van der Waals surface area contributed by atoms with Gasteiger partial charge in [-0.05, 0) is 41.9 Å². The highest BCUT2D eigenvalue weighted by Crippen LogP contribution is 2.52. The summed E-state index contributed by atoms with van der Waals surface area (Å²) < 4.78 is 113. The predicted octanol–water partition coefficient (Wildman–Crippen LogP) is 4.51. The number of benzene rings is 1. The summed E-state index contributed by atoms with van der Waals surface area (Å²) in [4.78, 5) is 0. The predicted molar refractivity (Wildman–Crippen MR) is 85.2 cm³/mol. The van der Waals surface area contributed by atoms with E-state index in [4.69, 9.17) is 9.05 Å². The molecule has 0 N–H and O–H groups in total. The molecule has 1 aromatic rings. The van der Waals surface area contributed by atoms with E-state index in [-0.39, 0.29) is 17.7 Å². The van der Waals surface area contributed by atoms with E-state index in [0.717, 1.165) is 6.07 Å². The maximum atomic E-state index is 13.5. The van der Waals surface area contributed by atoms with Crippen LogP contribution in [-0.4, -0.2) is 27.1 Å². The van der Waals surface area contributed by atoms with Crippen LogP contribution in [0.5, 0.6) is 5.75 Å². The maximum Gasteiger partial charge on any atom is 0.534 e. The van der Waals surface area contributed by atoms with Crippen molar-refractivity contribution in [1.82, 2.24) is 0 Å². The minimum absolute atomic E-state index is 0.238. The van der Waals surface area contributed by atoms with Crippen LogP contribution >= 0.6 is 23.5 Å². The summed E-state index contributed by atoms with van der Waals surface area (Å²) in [5.74, 6) is -1.34. The van der Waals surface area contributed by atoms with E-state index in [0.29, 0.717) is 6.07 Å². The smallest absolute Gasteiger partial charge is 0.375 e. The third-order valence-electron chi connectivity index (χ3n) is 2.70. The van der Waals surface area contributed by atoms with Crippen molar-refractivity contribution in [1.29, 1.82) is 0 Å². The molecule has 1 rings (SSSR count). The van der Waals surface area contributed by atoms with Gasteiger partial charge < -0.3 is 13.2 Å². The Balaban J connectivity index is 3.71. The molecular formula is C12H13BrF5O6PS. The molecule has 0 heterocycles. The van der Waals surface area contributed by atoms with E-state index >= 15 is 0 Å². The first kappa shape index (κ1) is 23.3. The Hall–Kier alpha value is -0.750. The molecule has 0 aliphatic heterocycles. The van der Waals surface area contributed by atoms with E-state index < -0.39 is 46.3 Å². The van der Waals surface area contributed by atoms with E-state index in [1.54, 1.807) is 0 Å². The molecule has 0 aliphatic carbocycles. The van der Waals surface area contributed by atoms with Gasteiger partial charge in [0.05, 0.1) is 24.1 Å². The van der Waals surface area contributed by atoms with Gasteiger partial charge in [0.15, 0.2) is 5.75 Å². The molecule has 0 saturated carbocycles. The van der Waals surface area contributed by atoms with Crippen molar-refractivity contribution in [3.05, 3.63) is 22.2 Å². The van der Waals surface area contributed by atoms with Crippen molar-refractivity contribution in [3.8, 4) is 5.75 Å². The fourth-order valence-corrected chi connectivity index (χ4v) is 5.12. The standard InChI is InChI=1S/C12H13BrF5O6PS/c1-3-22-25(19,23-4-2)10-7(13)5-6-8(9(10)11(14)15)24-26(20,21)12(16,17)18/h5-6,11H,3-4H2,1-2H3. The van der Waals surface area contributed by atoms with Gasteiger partial charge >= 0.3 is 23.2 Å². The second kappa shape index (κ2) is 8.51. The van der Waals surface area contributed by atoms with Gasteiger partial charge in [0.1, 0.15) is 0 Å². The normalized spacial score (nSPS) is 13.3. The molecule has 150 valence electrons. The first-order valence-electron chi connectivity index (χ1n) is 6.81. The highest BCUT2D eigenvalue weighted by atomic mass is 79.9. The summed E-state index contributed by atoms with van der Waals surface area (Å²) in [7, 11) is -10.6. The fourth-order valence-electron chi connectivity index (χ4n) is 1.80. The van der Waals surface area contributed by atoms with E-state index in [1.165, 1.54) is 13.8 Å². The van der Waals surface area contributed by atoms with Gasteiger partial charge in [0.25, 0.3) is 6.43 Å². The number of rotatable bonds is 8. The summed E-state index contributed by atoms with van der Waals surface area (Å²) in [6, 6.07) is 1.47. The van der Waals surface area contributed by atoms with Crippen LogP contribution in [0.2, 0.25) is 0 Å². The zero-order valence-corrected chi connectivity index (χ0v) is 16.5. The van der Waals surface area contributed by atoms with Crippen molar-refractivity contribution in [3.63, 3.8) is 0 Å². The van der Waals surface area contributed by atoms with Crippen LogP contribution < -0.4 is 9.49 Å². The maximum absolute atomic E-state index is 13.5. The van der Waals surface area contributed by atoms with Crippen LogP contribution in [0.15, 0.2) is 16.6 Å². The largest absolute Gasteiger partial charge is 0.534 e. The molecule has 0 spiro atoms. The lowest BCUT2D eigenvalue weighted by molar-refractivity contribution is -0.0501. The van der Waals surface area contributed by atoms with Crippen LogP contribution in [-0.2, 0) is 23.7 Å². The summed E-state index contributed by atoms with van der Waals surface area (Å²) >= 11 is 2.85. The zero-order valence-electron chi connectivity index (χ0n) is 13.2. The average molecular weight is 491 g/mol. The Morgan fingerprint density at radius 2 is 1.65 bits per heavy atom. The number of hydrogen-bond acceptors (Lipinski definition) is 6. The van der Waals surface area contributed by atoms with Crippen LogP contribution in [0.3, 0.4) is 0 Å². The molecule has 0 amide bonds. The molecule has 0 aromatic heterocycles. The highest BCUT2D eigenvalue weighted by molar-refractivity contribution is 9.10. The van der Waals surface area contributed by atoms with Crippen LogP contribution in [0.1, 0.15) is 25.8 Å². The first-order valence-corrected chi connectivity index (χ1v) is 10.6. The Labute approximate surface area is 154 Å². The van der Waals surface area contributed by atoms with Gasteiger partial charge in [0, 0.05) is 4.47 Å². The lowest BCUT2D eigenvalue weighted by Crippen LogP contribution is -2.29. The van der Waals surface area contributed by atoms with Crippen LogP contribution in [0.4, 0.5) is 22.0 Å². The Kier molecular flexibility index (Phi) is 7.62. The van der Waals surface area contributed by atoms with Gasteiger partial charge in [0.2, 0.25) is 0 Å². The van der Waals surface area contributed by atoms with Crippen molar-refractivity contribution in [2.45, 2.75) is 25.8 Å². The van der Waals surface area contributed by atoms with Crippen molar-refractivity contribution < 1.29 is 48.2 Å². The fraction of sp³-hybridized carbons (Fsp3) is 0.500. The van der Waals surface area contributed by atoms with Crippen molar-refractivity contribution >= 4 is 38.9 Å². The highest BCUT2D eigenvalue weighted by Gasteiger charge is 2.49. The molecule has 0 atom stereocenters. The molecule has 6 nitrogen and oxygen atoms in total. The summed E-state index contributed by atoms with van der Waals surface area (Å²) in [6.07, 6.45) is -3.55. The molecule has 0 radical (unpaired) electrons. The van der Waals surface area contributed by atoms with Crippen LogP contribution in [0.25, 0.3) is 0 Å². The second-order valence-electron chi connectivity index (χ2n) is 4.42. The van der Waals surface area contributed by atoms with Crippen molar-refractivity contribution in [2.75, 3.05) is 13.2 Å². The van der Waals surface area contributed by atoms with Gasteiger partial charge in [-0.3, -0.25) is 4.57 Å². The molecule has 0 aliphatic rings. The third kappa shape index (κ3) is 4.94. The molecule has 1 aromatic carbocycles. The van der Waals surface area contributed by atoms with Crippen molar-refractivity contribution in [2.24, 2.45) is 0 Å². The lowest BCUT2D eigenvalue weighted by atomic mass is 10.2. The van der Waals surface area contributed by atoms with Gasteiger partial charge in [-0.15, -0.1) is 0 Å². The Bertz CT molecular complexity index is 788. The zero-order chi connectivity index (χ0) is 20.3. The first-order chi connectivity index (χ1) is 11.8. The Morgan fingerprint density at radius 3 is 2.04 bits per heavy atom. The number of hydrogen-bond donors (Lipinski definition) is 0. The third-order valence-corrected chi connectivity index (χ3v) is 6.86. The summed E-state index contributed by atoms with van der Waals surface area (Å²) in [5.41, 5.74) is -7.19. The minimum Gasteiger partial charge on any atom is -0.375 e. The molecule has 0 saturated heterocycles. The molecular weight excluding hydrogens is 478 g/mol. The topological polar surface area (TPSA) is 78.9 Å². The Morgan fingerprint density at radius 1 is 1.15 bits per heavy atom. The lowest BCUT2D eigenvalue weighted by Gasteiger charge is -2.23. The molecule has 0 unspecified atom stereocenters. The minimum atomic E-state index is -6.23. The van der Waals surface area contributed by atoms with Gasteiger partial charge in [-0.2, -0.15) is 21.6 Å². The molecule has 0 bridgehead atoms. The van der Waals surface area contributed by atoms with Gasteiger partial charge in [-0.1, -0.05) is 0 Å². The molecule has 14 heteroatoms. The van der Waals surface area contributed by atoms with E-state index in [9.17, 15) is 34.9 Å². The molecule has 0 fully saturated rings. The summed E-state index contributed by atoms with van der Waals surface area (Å²) in [5, 5.41) is -0.814. The number of halogens is 6. The quantitative estimate of drug-likeness (QED) is 0.231. The summed E-state index contributed by atoms with van der Waals surface area (Å²) in [6.45, 7) is 2.29. The van der Waals surface area contributed by atoms with Gasteiger partial charge in [-0.25, -0.2) is 8.78 Å². The molecule has 26 heavy (non-hydrogen) atoms. The number of alkyl halides is 5.